The molecule has 36 heavy (non-hydrogen) atoms. The van der Waals surface area contributed by atoms with Crippen LogP contribution < -0.4 is 20.1 Å². The number of aromatic nitrogens is 2. The standard InChI is InChI=1S/C25H26ClFN4O5/c26-15-1-3-16(4-2-15)35-14-23(34)30-25-7-5-24(6-8-25,11-21(25)32)29-22(33)13-36-17-9-19(27)18-12-28-31-20(18)10-17/h1-4,9-10,12,21,32H,5-8,11,13-14H2,(H,28,31)(H,29,33)(H,30,34)/t21-,24?,25?/m0/s1. The van der Waals surface area contributed by atoms with Crippen LogP contribution in [0.1, 0.15) is 32.1 Å². The summed E-state index contributed by atoms with van der Waals surface area (Å²) in [6.45, 7) is -0.471. The van der Waals surface area contributed by atoms with Crippen molar-refractivity contribution in [3.63, 3.8) is 0 Å². The first-order valence-electron chi connectivity index (χ1n) is 11.7. The molecule has 1 atom stereocenters. The van der Waals surface area contributed by atoms with Crippen LogP contribution in [-0.2, 0) is 9.59 Å². The van der Waals surface area contributed by atoms with E-state index < -0.39 is 23.0 Å². The van der Waals surface area contributed by atoms with Gasteiger partial charge in [-0.2, -0.15) is 5.10 Å². The molecule has 9 nitrogen and oxygen atoms in total. The van der Waals surface area contributed by atoms with Crippen LogP contribution in [0.25, 0.3) is 10.9 Å². The molecule has 3 saturated carbocycles. The first-order valence-corrected chi connectivity index (χ1v) is 12.1. The number of rotatable bonds is 8. The number of halogens is 2. The van der Waals surface area contributed by atoms with E-state index in [9.17, 15) is 19.1 Å². The van der Waals surface area contributed by atoms with Gasteiger partial charge in [0.25, 0.3) is 11.8 Å². The molecular weight excluding hydrogens is 491 g/mol. The van der Waals surface area contributed by atoms with Gasteiger partial charge in [0, 0.05) is 22.7 Å². The molecule has 3 aliphatic carbocycles. The van der Waals surface area contributed by atoms with E-state index in [1.807, 2.05) is 0 Å². The van der Waals surface area contributed by atoms with Crippen LogP contribution in [0.3, 0.4) is 0 Å². The Morgan fingerprint density at radius 1 is 1.06 bits per heavy atom. The number of aromatic amines is 1. The van der Waals surface area contributed by atoms with Crippen molar-refractivity contribution < 1.29 is 28.6 Å². The van der Waals surface area contributed by atoms with Gasteiger partial charge >= 0.3 is 0 Å². The lowest BCUT2D eigenvalue weighted by Crippen LogP contribution is -2.70. The summed E-state index contributed by atoms with van der Waals surface area (Å²) in [5, 5.41) is 24.3. The van der Waals surface area contributed by atoms with Crippen molar-refractivity contribution in [2.24, 2.45) is 0 Å². The van der Waals surface area contributed by atoms with Crippen molar-refractivity contribution in [3.8, 4) is 11.5 Å². The Morgan fingerprint density at radius 3 is 2.42 bits per heavy atom. The Kier molecular flexibility index (Phi) is 6.48. The molecule has 0 saturated heterocycles. The van der Waals surface area contributed by atoms with Crippen LogP contribution in [0.5, 0.6) is 11.5 Å². The number of amides is 2. The fraction of sp³-hybridized carbons (Fsp3) is 0.400. The molecule has 3 aromatic rings. The third-order valence-corrected chi connectivity index (χ3v) is 7.40. The van der Waals surface area contributed by atoms with Crippen LogP contribution in [0.4, 0.5) is 4.39 Å². The number of ether oxygens (including phenoxy) is 2. The van der Waals surface area contributed by atoms with E-state index in [1.54, 1.807) is 30.3 Å². The molecule has 1 aromatic heterocycles. The number of H-pyrrole nitrogens is 1. The second-order valence-corrected chi connectivity index (χ2v) is 9.96. The van der Waals surface area contributed by atoms with Crippen LogP contribution in [-0.4, -0.2) is 57.5 Å². The van der Waals surface area contributed by atoms with Gasteiger partial charge in [-0.05, 0) is 56.4 Å². The smallest absolute Gasteiger partial charge is 0.258 e. The van der Waals surface area contributed by atoms with Crippen molar-refractivity contribution in [2.45, 2.75) is 49.3 Å². The maximum absolute atomic E-state index is 14.1. The van der Waals surface area contributed by atoms with Gasteiger partial charge in [0.2, 0.25) is 0 Å². The number of aliphatic hydroxyl groups excluding tert-OH is 1. The second-order valence-electron chi connectivity index (χ2n) is 9.52. The SMILES string of the molecule is O=C(COc1cc(F)c2cn[nH]c2c1)NC12CCC(NC(=O)COc3ccc(Cl)cc3)(CC1)[C@@H](O)C2. The monoisotopic (exact) mass is 516 g/mol. The highest BCUT2D eigenvalue weighted by atomic mass is 35.5. The molecule has 190 valence electrons. The van der Waals surface area contributed by atoms with Crippen LogP contribution in [0, 0.1) is 5.82 Å². The van der Waals surface area contributed by atoms with Crippen molar-refractivity contribution in [3.05, 3.63) is 53.4 Å². The Hall–Kier alpha value is -3.37. The van der Waals surface area contributed by atoms with Crippen molar-refractivity contribution >= 4 is 34.3 Å². The summed E-state index contributed by atoms with van der Waals surface area (Å²) in [5.74, 6) is -0.433. The van der Waals surface area contributed by atoms with E-state index in [1.165, 1.54) is 12.3 Å². The summed E-state index contributed by atoms with van der Waals surface area (Å²) in [4.78, 5) is 25.2. The number of fused-ring (bicyclic) bond motifs is 4. The number of nitrogens with one attached hydrogen (secondary N) is 3. The molecule has 2 amide bonds. The zero-order valence-corrected chi connectivity index (χ0v) is 20.1. The molecule has 2 bridgehead atoms. The van der Waals surface area contributed by atoms with Gasteiger partial charge in [-0.25, -0.2) is 4.39 Å². The average molecular weight is 517 g/mol. The number of hydrogen-bond donors (Lipinski definition) is 4. The van der Waals surface area contributed by atoms with Gasteiger partial charge in [-0.1, -0.05) is 11.6 Å². The predicted octanol–water partition coefficient (Wildman–Crippen LogP) is 2.86. The largest absolute Gasteiger partial charge is 0.484 e. The minimum atomic E-state index is -0.822. The minimum Gasteiger partial charge on any atom is -0.484 e. The number of benzene rings is 2. The molecule has 0 unspecified atom stereocenters. The maximum Gasteiger partial charge on any atom is 0.258 e. The molecular formula is C25H26ClFN4O5. The van der Waals surface area contributed by atoms with Gasteiger partial charge in [-0.3, -0.25) is 14.7 Å². The number of carbonyl (C=O) groups excluding carboxylic acids is 2. The Labute approximate surface area is 211 Å². The average Bonchev–Trinajstić information content (AvgIpc) is 3.33. The van der Waals surface area contributed by atoms with E-state index in [-0.39, 0.29) is 30.8 Å². The zero-order valence-electron chi connectivity index (χ0n) is 19.4. The topological polar surface area (TPSA) is 126 Å². The number of carbonyl (C=O) groups is 2. The van der Waals surface area contributed by atoms with E-state index in [0.29, 0.717) is 53.8 Å². The Balaban J connectivity index is 1.13. The predicted molar refractivity (Wildman–Crippen MR) is 129 cm³/mol. The minimum absolute atomic E-state index is 0.180. The van der Waals surface area contributed by atoms with Crippen LogP contribution >= 0.6 is 11.6 Å². The van der Waals surface area contributed by atoms with E-state index in [2.05, 4.69) is 20.8 Å². The van der Waals surface area contributed by atoms with Crippen LogP contribution in [0.15, 0.2) is 42.6 Å². The second kappa shape index (κ2) is 9.59. The molecule has 0 aliphatic heterocycles. The molecule has 4 N–H and O–H groups in total. The van der Waals surface area contributed by atoms with E-state index in [4.69, 9.17) is 21.1 Å². The lowest BCUT2D eigenvalue weighted by atomic mass is 9.60. The molecule has 0 spiro atoms. The maximum atomic E-state index is 14.1. The normalized spacial score (nSPS) is 24.9. The highest BCUT2D eigenvalue weighted by Gasteiger charge is 2.55. The third-order valence-electron chi connectivity index (χ3n) is 7.15. The summed E-state index contributed by atoms with van der Waals surface area (Å²) in [7, 11) is 0. The first-order chi connectivity index (χ1) is 17.3. The van der Waals surface area contributed by atoms with Crippen molar-refractivity contribution in [1.82, 2.24) is 20.8 Å². The van der Waals surface area contributed by atoms with Crippen molar-refractivity contribution in [1.29, 1.82) is 0 Å². The summed E-state index contributed by atoms with van der Waals surface area (Å²) < 4.78 is 25.1. The Morgan fingerprint density at radius 2 is 1.72 bits per heavy atom. The summed E-state index contributed by atoms with van der Waals surface area (Å²) >= 11 is 5.86. The lowest BCUT2D eigenvalue weighted by molar-refractivity contribution is -0.137. The highest BCUT2D eigenvalue weighted by molar-refractivity contribution is 6.30. The summed E-state index contributed by atoms with van der Waals surface area (Å²) in [6.07, 6.45) is 3.11. The Bertz CT molecular complexity index is 1270. The molecule has 0 radical (unpaired) electrons. The third kappa shape index (κ3) is 4.96. The molecule has 6 rings (SSSR count). The number of aliphatic hydroxyl groups is 1. The quantitative estimate of drug-likeness (QED) is 0.365. The lowest BCUT2D eigenvalue weighted by Gasteiger charge is -2.56. The molecule has 3 aliphatic rings. The summed E-state index contributed by atoms with van der Waals surface area (Å²) in [6, 6.07) is 9.49. The first kappa shape index (κ1) is 24.3. The number of hydrogen-bond acceptors (Lipinski definition) is 6. The van der Waals surface area contributed by atoms with Gasteiger partial charge in [0.05, 0.1) is 28.7 Å². The van der Waals surface area contributed by atoms with Gasteiger partial charge < -0.3 is 25.2 Å². The molecule has 11 heteroatoms. The zero-order chi connectivity index (χ0) is 25.3. The van der Waals surface area contributed by atoms with Crippen LogP contribution in [0.2, 0.25) is 5.02 Å². The molecule has 1 heterocycles. The highest BCUT2D eigenvalue weighted by Crippen LogP contribution is 2.47. The van der Waals surface area contributed by atoms with Gasteiger partial charge in [0.15, 0.2) is 13.2 Å². The number of nitrogens with zero attached hydrogens (tertiary/aromatic N) is 1. The summed E-state index contributed by atoms with van der Waals surface area (Å²) in [5.41, 5.74) is -0.853. The fourth-order valence-electron chi connectivity index (χ4n) is 5.20. The molecule has 3 fully saturated rings. The van der Waals surface area contributed by atoms with Crippen molar-refractivity contribution in [2.75, 3.05) is 13.2 Å². The van der Waals surface area contributed by atoms with E-state index in [0.717, 1.165) is 0 Å². The van der Waals surface area contributed by atoms with E-state index >= 15 is 0 Å². The van der Waals surface area contributed by atoms with Gasteiger partial charge in [0.1, 0.15) is 17.3 Å². The van der Waals surface area contributed by atoms with Gasteiger partial charge in [-0.15, -0.1) is 0 Å². The molecule has 2 aromatic carbocycles. The fourth-order valence-corrected chi connectivity index (χ4v) is 5.33.